The number of ketones is 5. The molecule has 13 atom stereocenters. The first-order valence-electron chi connectivity index (χ1n) is 34.3. The van der Waals surface area contributed by atoms with E-state index in [1.54, 1.807) is 32.1 Å². The molecule has 0 aliphatic carbocycles. The van der Waals surface area contributed by atoms with Gasteiger partial charge in [-0.3, -0.25) is 28.8 Å². The minimum atomic E-state index is -0.902. The molecule has 0 saturated heterocycles. The molecule has 0 aromatic heterocycles. The van der Waals surface area contributed by atoms with Crippen LogP contribution in [0.2, 0.25) is 0 Å². The zero-order chi connectivity index (χ0) is 76.5. The highest BCUT2D eigenvalue weighted by molar-refractivity contribution is 6.18. The fourth-order valence-corrected chi connectivity index (χ4v) is 10.7. The van der Waals surface area contributed by atoms with E-state index < -0.39 is 47.1 Å². The topological polar surface area (TPSA) is 241 Å². The van der Waals surface area contributed by atoms with Crippen molar-refractivity contribution in [3.63, 3.8) is 0 Å². The van der Waals surface area contributed by atoms with Crippen molar-refractivity contribution in [2.45, 2.75) is 266 Å². The predicted molar refractivity (Wildman–Crippen MR) is 395 cm³/mol. The van der Waals surface area contributed by atoms with Crippen molar-refractivity contribution in [1.82, 2.24) is 0 Å². The van der Waals surface area contributed by atoms with Gasteiger partial charge in [0.15, 0.2) is 17.7 Å². The molecule has 0 spiro atoms. The average Bonchev–Trinajstić information content (AvgIpc) is 0.867. The minimum absolute atomic E-state index is 0.0713. The summed E-state index contributed by atoms with van der Waals surface area (Å²) in [7, 11) is 0. The van der Waals surface area contributed by atoms with Crippen LogP contribution in [0, 0.1) is 80.8 Å². The molecular formula is C79H133Cl3O14. The molecule has 0 aliphatic rings. The van der Waals surface area contributed by atoms with Crippen molar-refractivity contribution in [3.05, 3.63) is 86.6 Å². The summed E-state index contributed by atoms with van der Waals surface area (Å²) >= 11 is 17.4. The molecule has 0 saturated carbocycles. The summed E-state index contributed by atoms with van der Waals surface area (Å²) in [6, 6.07) is 0. The van der Waals surface area contributed by atoms with E-state index in [-0.39, 0.29) is 88.2 Å². The highest BCUT2D eigenvalue weighted by Gasteiger charge is 2.45. The van der Waals surface area contributed by atoms with Crippen molar-refractivity contribution in [2.24, 2.45) is 80.8 Å². The smallest absolute Gasteiger partial charge is 0.373 e. The summed E-state index contributed by atoms with van der Waals surface area (Å²) in [4.78, 5) is 108. The number of carbonyl (C=O) groups is 6. The van der Waals surface area contributed by atoms with Crippen molar-refractivity contribution >= 4 is 82.0 Å². The van der Waals surface area contributed by atoms with Crippen LogP contribution in [0.15, 0.2) is 86.6 Å². The SMILES string of the molecule is C=CC/C(C)=C\C[C@H](O)C(C)=O.C=CC/C(C)=C\C[C@H](OC(=O)C[C@H](C)C(C)(C)C(=O)[C@H](CCCCCl)[C@@H](C)[C@@H](C)C=C)C(C)=O.C=C[C@H](C)[C@H](C)[C@@H](CCCCCl)C(=O)C(C)(C)C(C)C.C=C[C@H](C)[C@H](O)[C@@H](CCCCCl)C(=O)C(C)(C)[C@@H](O)CC(C)(C)C.O=C=O.O=C=O. The minimum Gasteiger partial charge on any atom is -0.454 e. The number of unbranched alkanes of at least 4 members (excludes halogenated alkanes) is 3. The van der Waals surface area contributed by atoms with Gasteiger partial charge in [0.1, 0.15) is 23.5 Å². The monoisotopic (exact) mass is 1410 g/mol. The number of aliphatic hydroxyl groups excluding tert-OH is 3. The number of Topliss-reactive ketones (excluding diaryl/α,β-unsaturated/α-hetero) is 5. The maximum Gasteiger partial charge on any atom is 0.373 e. The lowest BCUT2D eigenvalue weighted by Gasteiger charge is -2.37. The second kappa shape index (κ2) is 56.3. The van der Waals surface area contributed by atoms with Crippen LogP contribution in [0.4, 0.5) is 0 Å². The lowest BCUT2D eigenvalue weighted by molar-refractivity contribution is -0.193. The number of halogens is 3. The fourth-order valence-electron chi connectivity index (χ4n) is 10.1. The molecule has 17 heteroatoms. The van der Waals surface area contributed by atoms with Gasteiger partial charge in [-0.1, -0.05) is 191 Å². The van der Waals surface area contributed by atoms with E-state index in [2.05, 4.69) is 88.3 Å². The number of aliphatic hydroxyl groups is 3. The standard InChI is InChI=1S/C29H47ClO4.C20H37ClO3.C18H33ClO.C10H16O2.2CO2/c1-10-14-20(3)16-17-26(24(7)31)34-27(32)19-22(5)29(8,9)28(33)25(15-12-13-18-30)23(6)21(4)11-2;1-8-14(2)17(23)15(11-9-10-12-21)18(24)20(6,7)16(22)13-19(3,4)5;1-8-14(4)15(5)16(11-9-10-12-19)17(20)18(6,7)13(2)3;1-4-5-8(2)6-7-10(12)9(3)11;2*2-1-3/h10-11,16,21-23,25-26H,1-2,12-15,17-19H2,3-9H3;8,14-17,22-23H,1,9-13H2,2-7H3;8,13-16H,1,9-12H2,2-7H3;4,6,10,12H,1,5,7H2,2-3H3;;/b20-16-;;;8-6-;;/t21-,22-,23-,25+,26-;14-,15+,16-,17-;14-,15-,16+;10-;;/m0000../s1. The number of hydrogen-bond donors (Lipinski definition) is 3. The van der Waals surface area contributed by atoms with Crippen LogP contribution in [0.25, 0.3) is 0 Å². The van der Waals surface area contributed by atoms with Crippen molar-refractivity contribution < 1.29 is 68.0 Å². The van der Waals surface area contributed by atoms with E-state index in [0.29, 0.717) is 66.9 Å². The first kappa shape index (κ1) is 103. The maximum absolute atomic E-state index is 13.7. The normalized spacial score (nSPS) is 15.8. The van der Waals surface area contributed by atoms with Crippen LogP contribution >= 0.6 is 34.8 Å². The lowest BCUT2D eigenvalue weighted by atomic mass is 9.66. The Morgan fingerprint density at radius 2 is 0.833 bits per heavy atom. The van der Waals surface area contributed by atoms with Crippen molar-refractivity contribution in [2.75, 3.05) is 17.6 Å². The van der Waals surface area contributed by atoms with E-state index in [4.69, 9.17) is 63.8 Å². The molecule has 0 fully saturated rings. The predicted octanol–water partition coefficient (Wildman–Crippen LogP) is 18.5. The van der Waals surface area contributed by atoms with Gasteiger partial charge in [-0.15, -0.1) is 67.7 Å². The summed E-state index contributed by atoms with van der Waals surface area (Å²) in [6.07, 6.45) is 20.8. The van der Waals surface area contributed by atoms with Gasteiger partial charge in [-0.05, 0) is 133 Å². The molecule has 14 nitrogen and oxygen atoms in total. The van der Waals surface area contributed by atoms with Crippen molar-refractivity contribution in [1.29, 1.82) is 0 Å². The number of allylic oxidation sites excluding steroid dienone is 6. The highest BCUT2D eigenvalue weighted by atomic mass is 35.5. The summed E-state index contributed by atoms with van der Waals surface area (Å²) < 4.78 is 5.53. The Labute approximate surface area is 597 Å². The quantitative estimate of drug-likeness (QED) is 0.0223. The fraction of sp³-hybridized carbons (Fsp3) is 0.722. The van der Waals surface area contributed by atoms with Crippen LogP contribution < -0.4 is 0 Å². The van der Waals surface area contributed by atoms with Gasteiger partial charge in [0.2, 0.25) is 0 Å². The van der Waals surface area contributed by atoms with Gasteiger partial charge in [-0.25, -0.2) is 0 Å². The number of alkyl halides is 3. The first-order chi connectivity index (χ1) is 44.3. The second-order valence-electron chi connectivity index (χ2n) is 29.1. The van der Waals surface area contributed by atoms with E-state index in [0.717, 1.165) is 75.4 Å². The molecule has 0 amide bonds. The molecule has 0 aromatic rings. The zero-order valence-corrected chi connectivity index (χ0v) is 65.6. The molecule has 3 N–H and O–H groups in total. The highest BCUT2D eigenvalue weighted by Crippen LogP contribution is 2.41. The Balaban J connectivity index is -0.000000287. The number of esters is 1. The van der Waals surface area contributed by atoms with E-state index in [9.17, 15) is 39.0 Å². The largest absolute Gasteiger partial charge is 0.454 e. The lowest BCUT2D eigenvalue weighted by Crippen LogP contribution is -2.46. The van der Waals surface area contributed by atoms with E-state index in [1.165, 1.54) is 13.8 Å². The summed E-state index contributed by atoms with van der Waals surface area (Å²) in [5.41, 5.74) is 0.247. The van der Waals surface area contributed by atoms with Crippen LogP contribution in [-0.4, -0.2) is 105 Å². The molecule has 0 radical (unpaired) electrons. The van der Waals surface area contributed by atoms with Gasteiger partial charge in [0.25, 0.3) is 0 Å². The van der Waals surface area contributed by atoms with E-state index >= 15 is 0 Å². The van der Waals surface area contributed by atoms with E-state index in [1.807, 2.05) is 86.6 Å². The van der Waals surface area contributed by atoms with Gasteiger partial charge in [0.05, 0.1) is 12.2 Å². The molecule has 554 valence electrons. The molecular weight excluding hydrogens is 1280 g/mol. The molecule has 0 unspecified atom stereocenters. The number of hydrogen-bond acceptors (Lipinski definition) is 14. The third kappa shape index (κ3) is 44.5. The molecule has 0 aliphatic heterocycles. The first-order valence-corrected chi connectivity index (χ1v) is 35.9. The van der Waals surface area contributed by atoms with Crippen LogP contribution in [-0.2, 0) is 52.7 Å². The van der Waals surface area contributed by atoms with Gasteiger partial charge < -0.3 is 20.1 Å². The van der Waals surface area contributed by atoms with Crippen LogP contribution in [0.1, 0.15) is 242 Å². The van der Waals surface area contributed by atoms with Crippen LogP contribution in [0.5, 0.6) is 0 Å². The van der Waals surface area contributed by atoms with Crippen molar-refractivity contribution in [3.8, 4) is 0 Å². The molecule has 0 heterocycles. The number of rotatable bonds is 44. The average molecular weight is 1410 g/mol. The van der Waals surface area contributed by atoms with Gasteiger partial charge >= 0.3 is 18.3 Å². The summed E-state index contributed by atoms with van der Waals surface area (Å²) in [6.45, 7) is 59.8. The van der Waals surface area contributed by atoms with Crippen LogP contribution in [0.3, 0.4) is 0 Å². The second-order valence-corrected chi connectivity index (χ2v) is 30.2. The third-order valence-electron chi connectivity index (χ3n) is 18.9. The Hall–Kier alpha value is -4.49. The molecule has 0 bridgehead atoms. The Morgan fingerprint density at radius 3 is 1.15 bits per heavy atom. The molecule has 96 heavy (non-hydrogen) atoms. The maximum atomic E-state index is 13.7. The van der Waals surface area contributed by atoms with Gasteiger partial charge in [0, 0.05) is 70.4 Å². The Kier molecular flexibility index (Phi) is 60.1. The Bertz CT molecular complexity index is 2390. The molecule has 0 rings (SSSR count). The zero-order valence-electron chi connectivity index (χ0n) is 63.4. The number of ether oxygens (including phenoxy) is 1. The number of carbonyl (C=O) groups excluding carboxylic acids is 10. The summed E-state index contributed by atoms with van der Waals surface area (Å²) in [5.74, 6) is 1.95. The third-order valence-corrected chi connectivity index (χ3v) is 19.7. The molecule has 0 aromatic carbocycles. The summed E-state index contributed by atoms with van der Waals surface area (Å²) in [5, 5.41) is 30.4. The Morgan fingerprint density at radius 1 is 0.490 bits per heavy atom. The van der Waals surface area contributed by atoms with Gasteiger partial charge in [-0.2, -0.15) is 19.2 Å².